The number of carbonyl (C=O) groups is 1. The molecule has 258 valence electrons. The van der Waals surface area contributed by atoms with Crippen molar-refractivity contribution in [3.63, 3.8) is 0 Å². The number of benzene rings is 2. The van der Waals surface area contributed by atoms with Crippen molar-refractivity contribution >= 4 is 26.1 Å². The van der Waals surface area contributed by atoms with Gasteiger partial charge < -0.3 is 23.3 Å². The Hall–Kier alpha value is -2.59. The number of carbonyl (C=O) groups excluding carboxylic acids is 1. The summed E-state index contributed by atoms with van der Waals surface area (Å²) in [6, 6.07) is 15.8. The molecule has 1 atom stereocenters. The van der Waals surface area contributed by atoms with Gasteiger partial charge in [0.1, 0.15) is 5.75 Å². The molecule has 1 N–H and O–H groups in total. The average molecular weight is 656 g/mol. The first-order valence-corrected chi connectivity index (χ1v) is 19.8. The highest BCUT2D eigenvalue weighted by atomic mass is 28.4. The number of nitrogens with zero attached hydrogens (tertiary/aromatic N) is 2. The van der Waals surface area contributed by atoms with Crippen LogP contribution in [0.25, 0.3) is 0 Å². The molecule has 0 spiro atoms. The predicted molar refractivity (Wildman–Crippen MR) is 190 cm³/mol. The fourth-order valence-corrected chi connectivity index (χ4v) is 8.14. The van der Waals surface area contributed by atoms with Gasteiger partial charge in [-0.05, 0) is 82.0 Å². The largest absolute Gasteiger partial charge is 0.544 e. The van der Waals surface area contributed by atoms with Crippen molar-refractivity contribution in [2.75, 3.05) is 26.4 Å². The van der Waals surface area contributed by atoms with E-state index in [2.05, 4.69) is 41.5 Å². The number of azo groups is 1. The normalized spacial score (nSPS) is 12.5. The van der Waals surface area contributed by atoms with Gasteiger partial charge in [-0.15, -0.1) is 0 Å². The molecule has 2 aromatic rings. The molecule has 0 radical (unpaired) electrons. The first-order chi connectivity index (χ1) is 22.5. The molecule has 46 heavy (non-hydrogen) atoms. The number of hydrogen-bond acceptors (Lipinski definition) is 7. The van der Waals surface area contributed by atoms with E-state index < -0.39 is 14.5 Å². The highest BCUT2D eigenvalue weighted by Crippen LogP contribution is 2.27. The minimum Gasteiger partial charge on any atom is -0.486 e. The van der Waals surface area contributed by atoms with Crippen LogP contribution in [0.1, 0.15) is 124 Å². The lowest BCUT2D eigenvalue weighted by molar-refractivity contribution is -0.121. The molecule has 0 heterocycles. The van der Waals surface area contributed by atoms with Gasteiger partial charge in [0.25, 0.3) is 0 Å². The molecular weight excluding hydrogens is 595 g/mol. The third kappa shape index (κ3) is 15.8. The minimum atomic E-state index is -3.23. The van der Waals surface area contributed by atoms with Crippen LogP contribution in [0.3, 0.4) is 0 Å². The highest BCUT2D eigenvalue weighted by Gasteiger charge is 2.51. The van der Waals surface area contributed by atoms with Crippen LogP contribution in [-0.4, -0.2) is 46.8 Å². The molecule has 0 aliphatic rings. The molecule has 2 rings (SSSR count). The molecule has 0 fully saturated rings. The SMILES string of the molecule is CCCCCCCCCCC(=O)NCCC(Oc1ccc(N=Nc2ccc(CCCCC)cc2)cc1)[Si](OCC)(OCC)OCC. The fourth-order valence-electron chi connectivity index (χ4n) is 5.35. The number of rotatable bonds is 27. The van der Waals surface area contributed by atoms with Crippen molar-refractivity contribution in [2.24, 2.45) is 10.2 Å². The molecule has 0 saturated carbocycles. The van der Waals surface area contributed by atoms with Gasteiger partial charge >= 0.3 is 8.80 Å². The van der Waals surface area contributed by atoms with Gasteiger partial charge in [-0.2, -0.15) is 10.2 Å². The van der Waals surface area contributed by atoms with Crippen molar-refractivity contribution < 1.29 is 22.8 Å². The first kappa shape index (κ1) is 39.6. The second-order valence-corrected chi connectivity index (χ2v) is 14.4. The van der Waals surface area contributed by atoms with E-state index in [1.54, 1.807) is 0 Å². The van der Waals surface area contributed by atoms with Gasteiger partial charge in [-0.3, -0.25) is 4.79 Å². The lowest BCUT2D eigenvalue weighted by atomic mass is 10.1. The Labute approximate surface area is 280 Å². The minimum absolute atomic E-state index is 0.0714. The number of nitrogens with one attached hydrogen (secondary N) is 1. The van der Waals surface area contributed by atoms with Gasteiger partial charge in [-0.25, -0.2) is 0 Å². The van der Waals surface area contributed by atoms with Gasteiger partial charge in [0.2, 0.25) is 5.91 Å². The maximum absolute atomic E-state index is 12.6. The van der Waals surface area contributed by atoms with Crippen molar-refractivity contribution in [2.45, 2.75) is 130 Å². The van der Waals surface area contributed by atoms with Crippen molar-refractivity contribution in [1.29, 1.82) is 0 Å². The maximum Gasteiger partial charge on any atom is 0.544 e. The van der Waals surface area contributed by atoms with Crippen LogP contribution in [0.15, 0.2) is 58.8 Å². The second kappa shape index (κ2) is 24.6. The summed E-state index contributed by atoms with van der Waals surface area (Å²) in [4.78, 5) is 12.6. The molecule has 8 nitrogen and oxygen atoms in total. The standard InChI is InChI=1S/C37H61N3O5Si/c1-6-11-13-14-15-16-17-19-21-36(41)38-31-30-37(46(42-8-3,43-9-4)44-10-5)45-35-28-26-34(27-29-35)40-39-33-24-22-32(23-25-33)20-18-12-7-2/h22-29,37H,6-21,30-31H2,1-5H3,(H,38,41). The van der Waals surface area contributed by atoms with Crippen LogP contribution < -0.4 is 10.1 Å². The third-order valence-corrected chi connectivity index (χ3v) is 11.1. The Bertz CT molecular complexity index is 1060. The van der Waals surface area contributed by atoms with Crippen LogP contribution in [0.4, 0.5) is 11.4 Å². The molecule has 0 aliphatic carbocycles. The zero-order chi connectivity index (χ0) is 33.3. The monoisotopic (exact) mass is 655 g/mol. The second-order valence-electron chi connectivity index (χ2n) is 11.7. The van der Waals surface area contributed by atoms with E-state index in [0.29, 0.717) is 45.0 Å². The van der Waals surface area contributed by atoms with Crippen LogP contribution in [0.2, 0.25) is 0 Å². The summed E-state index contributed by atoms with van der Waals surface area (Å²) in [7, 11) is -3.23. The van der Waals surface area contributed by atoms with E-state index in [4.69, 9.17) is 18.0 Å². The Morgan fingerprint density at radius 1 is 0.674 bits per heavy atom. The van der Waals surface area contributed by atoms with Crippen molar-refractivity contribution in [3.8, 4) is 5.75 Å². The lowest BCUT2D eigenvalue weighted by Crippen LogP contribution is -2.59. The zero-order valence-corrected chi connectivity index (χ0v) is 30.4. The molecule has 0 bridgehead atoms. The Balaban J connectivity index is 1.99. The summed E-state index contributed by atoms with van der Waals surface area (Å²) in [5.74, 6) is 0.726. The van der Waals surface area contributed by atoms with Crippen LogP contribution >= 0.6 is 0 Å². The fraction of sp³-hybridized carbons (Fsp3) is 0.649. The number of hydrogen-bond donors (Lipinski definition) is 1. The number of amides is 1. The molecular formula is C37H61N3O5Si. The van der Waals surface area contributed by atoms with Gasteiger partial charge in [0.15, 0.2) is 5.73 Å². The van der Waals surface area contributed by atoms with Crippen LogP contribution in [-0.2, 0) is 24.5 Å². The van der Waals surface area contributed by atoms with Crippen LogP contribution in [0.5, 0.6) is 5.75 Å². The number of unbranched alkanes of at least 4 members (excludes halogenated alkanes) is 9. The quantitative estimate of drug-likeness (QED) is 0.0588. The topological polar surface area (TPSA) is 90.7 Å². The summed E-state index contributed by atoms with van der Waals surface area (Å²) in [6.45, 7) is 12.0. The lowest BCUT2D eigenvalue weighted by Gasteiger charge is -2.35. The van der Waals surface area contributed by atoms with E-state index in [1.807, 2.05) is 57.2 Å². The highest BCUT2D eigenvalue weighted by molar-refractivity contribution is 6.62. The summed E-state index contributed by atoms with van der Waals surface area (Å²) >= 11 is 0. The molecule has 9 heteroatoms. The predicted octanol–water partition coefficient (Wildman–Crippen LogP) is 10.2. The van der Waals surface area contributed by atoms with Gasteiger partial charge in [-0.1, -0.05) is 83.8 Å². The molecule has 1 amide bonds. The van der Waals surface area contributed by atoms with Gasteiger partial charge in [0, 0.05) is 39.2 Å². The van der Waals surface area contributed by atoms with E-state index in [9.17, 15) is 4.79 Å². The van der Waals surface area contributed by atoms with Crippen molar-refractivity contribution in [1.82, 2.24) is 5.32 Å². The molecule has 1 unspecified atom stereocenters. The third-order valence-electron chi connectivity index (χ3n) is 7.82. The Kier molecular flexibility index (Phi) is 21.1. The number of ether oxygens (including phenoxy) is 1. The molecule has 0 aliphatic heterocycles. The first-order valence-electron chi connectivity index (χ1n) is 18.0. The number of aryl methyl sites for hydroxylation is 1. The average Bonchev–Trinajstić information content (AvgIpc) is 3.06. The maximum atomic E-state index is 12.6. The van der Waals surface area contributed by atoms with Gasteiger partial charge in [0.05, 0.1) is 11.4 Å². The van der Waals surface area contributed by atoms with E-state index in [0.717, 1.165) is 30.6 Å². The molecule has 0 aromatic heterocycles. The summed E-state index contributed by atoms with van der Waals surface area (Å²) in [6.07, 6.45) is 15.5. The summed E-state index contributed by atoms with van der Waals surface area (Å²) in [5.41, 5.74) is 2.40. The van der Waals surface area contributed by atoms with E-state index in [-0.39, 0.29) is 5.91 Å². The molecule has 0 saturated heterocycles. The van der Waals surface area contributed by atoms with E-state index >= 15 is 0 Å². The molecule has 2 aromatic carbocycles. The van der Waals surface area contributed by atoms with Crippen molar-refractivity contribution in [3.05, 3.63) is 54.1 Å². The van der Waals surface area contributed by atoms with Crippen LogP contribution in [0, 0.1) is 0 Å². The Morgan fingerprint density at radius 2 is 1.17 bits per heavy atom. The Morgan fingerprint density at radius 3 is 1.72 bits per heavy atom. The smallest absolute Gasteiger partial charge is 0.486 e. The zero-order valence-electron chi connectivity index (χ0n) is 29.4. The summed E-state index contributed by atoms with van der Waals surface area (Å²) < 4.78 is 25.1. The van der Waals surface area contributed by atoms with E-state index in [1.165, 1.54) is 63.4 Å². The summed E-state index contributed by atoms with van der Waals surface area (Å²) in [5, 5.41) is 11.9.